The van der Waals surface area contributed by atoms with Gasteiger partial charge in [0.1, 0.15) is 0 Å². The van der Waals surface area contributed by atoms with E-state index in [1.807, 2.05) is 0 Å². The molecule has 0 rings (SSSR count). The van der Waals surface area contributed by atoms with Gasteiger partial charge in [-0.2, -0.15) is 0 Å². The molecule has 0 saturated carbocycles. The predicted molar refractivity (Wildman–Crippen MR) is 106 cm³/mol. The van der Waals surface area contributed by atoms with Crippen LogP contribution in [0.2, 0.25) is 0 Å². The Hall–Kier alpha value is -0.570. The van der Waals surface area contributed by atoms with Crippen LogP contribution in [0, 0.1) is 5.92 Å². The summed E-state index contributed by atoms with van der Waals surface area (Å²) >= 11 is 0. The molecule has 25 heavy (non-hydrogen) atoms. The predicted octanol–water partition coefficient (Wildman–Crippen LogP) is 6.77. The van der Waals surface area contributed by atoms with E-state index in [-0.39, 0.29) is 0 Å². The normalized spacial score (nSPS) is 12.5. The number of aliphatic hydroxyl groups excluding tert-OH is 1. The molecule has 1 N–H and O–H groups in total. The van der Waals surface area contributed by atoms with Crippen molar-refractivity contribution in [3.05, 3.63) is 0 Å². The molecule has 0 radical (unpaired) electrons. The number of ether oxygens (including phenoxy) is 1. The van der Waals surface area contributed by atoms with E-state index in [1.54, 1.807) is 0 Å². The van der Waals surface area contributed by atoms with E-state index >= 15 is 0 Å². The lowest BCUT2D eigenvalue weighted by atomic mass is 10.0. The van der Waals surface area contributed by atoms with Gasteiger partial charge in [-0.3, -0.25) is 4.79 Å². The van der Waals surface area contributed by atoms with Crippen LogP contribution < -0.4 is 0 Å². The monoisotopic (exact) mass is 356 g/mol. The second kappa shape index (κ2) is 18.2. The van der Waals surface area contributed by atoms with E-state index in [9.17, 15) is 9.90 Å². The second-order valence-electron chi connectivity index (χ2n) is 7.99. The van der Waals surface area contributed by atoms with Gasteiger partial charge in [0.05, 0.1) is 0 Å². The van der Waals surface area contributed by atoms with Crippen LogP contribution in [0.3, 0.4) is 0 Å². The largest absolute Gasteiger partial charge is 0.436 e. The zero-order chi connectivity index (χ0) is 18.8. The average Bonchev–Trinajstić information content (AvgIpc) is 2.53. The Bertz CT molecular complexity index is 289. The number of carbonyl (C=O) groups excluding carboxylic acids is 1. The van der Waals surface area contributed by atoms with Crippen LogP contribution in [0.4, 0.5) is 0 Å². The van der Waals surface area contributed by atoms with Gasteiger partial charge in [-0.25, -0.2) is 0 Å². The fourth-order valence-corrected chi connectivity index (χ4v) is 3.24. The van der Waals surface area contributed by atoms with Crippen LogP contribution in [0.15, 0.2) is 0 Å². The molecule has 0 aromatic rings. The maximum atomic E-state index is 10.7. The topological polar surface area (TPSA) is 46.5 Å². The summed E-state index contributed by atoms with van der Waals surface area (Å²) < 4.78 is 4.70. The summed E-state index contributed by atoms with van der Waals surface area (Å²) in [6, 6.07) is 0. The molecule has 0 amide bonds. The van der Waals surface area contributed by atoms with E-state index in [1.165, 1.54) is 90.4 Å². The van der Waals surface area contributed by atoms with Crippen molar-refractivity contribution in [2.75, 3.05) is 0 Å². The van der Waals surface area contributed by atoms with E-state index < -0.39 is 12.3 Å². The number of unbranched alkanes of at least 4 members (excludes halogenated alkanes) is 13. The van der Waals surface area contributed by atoms with Gasteiger partial charge in [0.15, 0.2) is 0 Å². The summed E-state index contributed by atoms with van der Waals surface area (Å²) in [6.45, 7) is 5.96. The molecule has 0 aliphatic heterocycles. The van der Waals surface area contributed by atoms with Crippen LogP contribution in [0.5, 0.6) is 0 Å². The smallest absolute Gasteiger partial charge is 0.304 e. The van der Waals surface area contributed by atoms with Crippen molar-refractivity contribution in [1.29, 1.82) is 0 Å². The quantitative estimate of drug-likeness (QED) is 0.167. The fourth-order valence-electron chi connectivity index (χ4n) is 3.24. The standard InChI is InChI=1S/C22H44O3/c1-20(2)18-16-14-12-10-8-6-4-5-7-9-11-13-15-17-19-22(24)25-21(3)23/h20,22,24H,4-19H2,1-3H3. The molecular weight excluding hydrogens is 312 g/mol. The summed E-state index contributed by atoms with van der Waals surface area (Å²) in [6.07, 6.45) is 19.7. The Labute approximate surface area is 156 Å². The first-order valence-corrected chi connectivity index (χ1v) is 10.9. The maximum absolute atomic E-state index is 10.7. The Morgan fingerprint density at radius 1 is 0.680 bits per heavy atom. The van der Waals surface area contributed by atoms with Crippen molar-refractivity contribution in [2.24, 2.45) is 5.92 Å². The summed E-state index contributed by atoms with van der Waals surface area (Å²) in [5.74, 6) is 0.464. The van der Waals surface area contributed by atoms with E-state index in [0.717, 1.165) is 18.8 Å². The molecule has 1 unspecified atom stereocenters. The van der Waals surface area contributed by atoms with E-state index in [2.05, 4.69) is 13.8 Å². The molecule has 0 saturated heterocycles. The molecule has 0 heterocycles. The Kier molecular flexibility index (Phi) is 17.8. The third-order valence-corrected chi connectivity index (χ3v) is 4.78. The maximum Gasteiger partial charge on any atom is 0.304 e. The number of esters is 1. The van der Waals surface area contributed by atoms with Crippen LogP contribution in [0.25, 0.3) is 0 Å². The number of aliphatic hydroxyl groups is 1. The highest BCUT2D eigenvalue weighted by Gasteiger charge is 2.06. The average molecular weight is 357 g/mol. The molecule has 3 nitrogen and oxygen atoms in total. The minimum atomic E-state index is -0.910. The molecular formula is C22H44O3. The minimum Gasteiger partial charge on any atom is -0.436 e. The molecule has 3 heteroatoms. The summed E-state index contributed by atoms with van der Waals surface area (Å²) in [4.78, 5) is 10.7. The van der Waals surface area contributed by atoms with Gasteiger partial charge in [0.25, 0.3) is 0 Å². The van der Waals surface area contributed by atoms with Crippen LogP contribution in [-0.2, 0) is 9.53 Å². The van der Waals surface area contributed by atoms with Gasteiger partial charge >= 0.3 is 5.97 Å². The lowest BCUT2D eigenvalue weighted by molar-refractivity contribution is -0.165. The van der Waals surface area contributed by atoms with Gasteiger partial charge in [-0.15, -0.1) is 0 Å². The lowest BCUT2D eigenvalue weighted by Gasteiger charge is -2.09. The third-order valence-electron chi connectivity index (χ3n) is 4.78. The molecule has 150 valence electrons. The zero-order valence-electron chi connectivity index (χ0n) is 17.2. The molecule has 0 aliphatic carbocycles. The highest BCUT2D eigenvalue weighted by atomic mass is 16.6. The minimum absolute atomic E-state index is 0.404. The van der Waals surface area contributed by atoms with Gasteiger partial charge in [-0.1, -0.05) is 104 Å². The van der Waals surface area contributed by atoms with Crippen LogP contribution in [-0.4, -0.2) is 17.4 Å². The van der Waals surface area contributed by atoms with Gasteiger partial charge in [0.2, 0.25) is 6.29 Å². The van der Waals surface area contributed by atoms with Crippen molar-refractivity contribution < 1.29 is 14.6 Å². The first kappa shape index (κ1) is 24.4. The SMILES string of the molecule is CC(=O)OC(O)CCCCCCCCCCCCCCCCC(C)C. The molecule has 0 spiro atoms. The van der Waals surface area contributed by atoms with Crippen molar-refractivity contribution >= 4 is 5.97 Å². The highest BCUT2D eigenvalue weighted by Crippen LogP contribution is 2.15. The molecule has 0 fully saturated rings. The van der Waals surface area contributed by atoms with Gasteiger partial charge < -0.3 is 9.84 Å². The Balaban J connectivity index is 3.08. The third kappa shape index (κ3) is 21.4. The highest BCUT2D eigenvalue weighted by molar-refractivity contribution is 5.65. The first-order valence-electron chi connectivity index (χ1n) is 10.9. The zero-order valence-corrected chi connectivity index (χ0v) is 17.2. The number of hydrogen-bond donors (Lipinski definition) is 1. The second-order valence-corrected chi connectivity index (χ2v) is 7.99. The Morgan fingerprint density at radius 3 is 1.32 bits per heavy atom. The Morgan fingerprint density at radius 2 is 1.00 bits per heavy atom. The molecule has 0 aromatic heterocycles. The summed E-state index contributed by atoms with van der Waals surface area (Å²) in [5.41, 5.74) is 0. The van der Waals surface area contributed by atoms with E-state index in [0.29, 0.717) is 6.42 Å². The molecule has 0 bridgehead atoms. The van der Waals surface area contributed by atoms with Crippen LogP contribution >= 0.6 is 0 Å². The van der Waals surface area contributed by atoms with Crippen molar-refractivity contribution in [3.8, 4) is 0 Å². The van der Waals surface area contributed by atoms with Crippen molar-refractivity contribution in [1.82, 2.24) is 0 Å². The number of carbonyl (C=O) groups is 1. The van der Waals surface area contributed by atoms with Crippen LogP contribution in [0.1, 0.15) is 124 Å². The summed E-state index contributed by atoms with van der Waals surface area (Å²) in [5, 5.41) is 9.40. The van der Waals surface area contributed by atoms with Gasteiger partial charge in [-0.05, 0) is 12.3 Å². The molecule has 0 aliphatic rings. The first-order chi connectivity index (χ1) is 12.0. The molecule has 0 aromatic carbocycles. The van der Waals surface area contributed by atoms with Crippen molar-refractivity contribution in [3.63, 3.8) is 0 Å². The van der Waals surface area contributed by atoms with E-state index in [4.69, 9.17) is 4.74 Å². The van der Waals surface area contributed by atoms with Crippen molar-refractivity contribution in [2.45, 2.75) is 130 Å². The number of hydrogen-bond acceptors (Lipinski definition) is 3. The lowest BCUT2D eigenvalue weighted by Crippen LogP contribution is -2.14. The van der Waals surface area contributed by atoms with Gasteiger partial charge in [0, 0.05) is 13.3 Å². The molecule has 1 atom stereocenters. The number of rotatable bonds is 18. The fraction of sp³-hybridized carbons (Fsp3) is 0.955. The summed E-state index contributed by atoms with van der Waals surface area (Å²) in [7, 11) is 0.